The monoisotopic (exact) mass is 361 g/mol. The van der Waals surface area contributed by atoms with E-state index in [9.17, 15) is 9.59 Å². The number of amides is 2. The highest BCUT2D eigenvalue weighted by Crippen LogP contribution is 2.17. The molecule has 2 amide bonds. The van der Waals surface area contributed by atoms with Crippen molar-refractivity contribution in [3.05, 3.63) is 64.7 Å². The maximum absolute atomic E-state index is 12.3. The molecule has 0 saturated heterocycles. The van der Waals surface area contributed by atoms with Gasteiger partial charge in [-0.3, -0.25) is 9.59 Å². The molecule has 0 unspecified atom stereocenters. The van der Waals surface area contributed by atoms with Gasteiger partial charge in [-0.1, -0.05) is 18.2 Å². The molecule has 0 fully saturated rings. The first-order chi connectivity index (χ1) is 11.4. The molecule has 0 saturated carbocycles. The fourth-order valence-electron chi connectivity index (χ4n) is 2.28. The molecule has 134 valence electrons. The summed E-state index contributed by atoms with van der Waals surface area (Å²) in [5.41, 5.74) is 9.07. The van der Waals surface area contributed by atoms with Crippen molar-refractivity contribution in [3.63, 3.8) is 0 Å². The van der Waals surface area contributed by atoms with E-state index in [0.717, 1.165) is 11.1 Å². The van der Waals surface area contributed by atoms with Crippen molar-refractivity contribution in [1.29, 1.82) is 0 Å². The van der Waals surface area contributed by atoms with Gasteiger partial charge in [0, 0.05) is 29.4 Å². The standard InChI is InChI=1S/C19H23N3O2.ClH/c1-12(2)21-19(24)17-10-16(9-4-13(17)3)22-18(23)15-7-5-14(11-20)6-8-15;/h4-10,12H,11,20H2,1-3H3,(H,21,24)(H,22,23);1H. The maximum atomic E-state index is 12.3. The van der Waals surface area contributed by atoms with Gasteiger partial charge in [-0.15, -0.1) is 12.4 Å². The van der Waals surface area contributed by atoms with Gasteiger partial charge in [-0.25, -0.2) is 0 Å². The normalized spacial score (nSPS) is 10.1. The first kappa shape index (κ1) is 20.7. The van der Waals surface area contributed by atoms with E-state index < -0.39 is 0 Å². The Kier molecular flexibility index (Phi) is 7.61. The van der Waals surface area contributed by atoms with E-state index in [0.29, 0.717) is 23.4 Å². The van der Waals surface area contributed by atoms with Crippen molar-refractivity contribution in [2.75, 3.05) is 5.32 Å². The molecule has 5 nitrogen and oxygen atoms in total. The Morgan fingerprint density at radius 3 is 2.24 bits per heavy atom. The van der Waals surface area contributed by atoms with Gasteiger partial charge in [0.05, 0.1) is 0 Å². The van der Waals surface area contributed by atoms with Crippen LogP contribution in [0.1, 0.15) is 45.7 Å². The first-order valence-corrected chi connectivity index (χ1v) is 7.92. The molecule has 6 heteroatoms. The number of nitrogens with one attached hydrogen (secondary N) is 2. The van der Waals surface area contributed by atoms with Crippen LogP contribution in [0.25, 0.3) is 0 Å². The third kappa shape index (κ3) is 5.59. The molecule has 0 spiro atoms. The molecule has 25 heavy (non-hydrogen) atoms. The summed E-state index contributed by atoms with van der Waals surface area (Å²) in [5, 5.41) is 5.68. The van der Waals surface area contributed by atoms with Gasteiger partial charge in [0.1, 0.15) is 0 Å². The summed E-state index contributed by atoms with van der Waals surface area (Å²) < 4.78 is 0. The number of hydrogen-bond acceptors (Lipinski definition) is 3. The molecule has 0 atom stereocenters. The van der Waals surface area contributed by atoms with Gasteiger partial charge < -0.3 is 16.4 Å². The van der Waals surface area contributed by atoms with Crippen LogP contribution in [0.3, 0.4) is 0 Å². The van der Waals surface area contributed by atoms with Crippen molar-refractivity contribution in [1.82, 2.24) is 5.32 Å². The number of rotatable bonds is 5. The van der Waals surface area contributed by atoms with Crippen LogP contribution in [0, 0.1) is 6.92 Å². The minimum atomic E-state index is -0.224. The van der Waals surface area contributed by atoms with Crippen molar-refractivity contribution in [2.24, 2.45) is 5.73 Å². The molecule has 0 aliphatic heterocycles. The van der Waals surface area contributed by atoms with Gasteiger partial charge in [-0.2, -0.15) is 0 Å². The second-order valence-corrected chi connectivity index (χ2v) is 6.01. The summed E-state index contributed by atoms with van der Waals surface area (Å²) in [5.74, 6) is -0.372. The Hall–Kier alpha value is -2.37. The van der Waals surface area contributed by atoms with E-state index in [-0.39, 0.29) is 30.3 Å². The van der Waals surface area contributed by atoms with E-state index in [2.05, 4.69) is 10.6 Å². The van der Waals surface area contributed by atoms with Gasteiger partial charge >= 0.3 is 0 Å². The second kappa shape index (κ2) is 9.20. The summed E-state index contributed by atoms with van der Waals surface area (Å²) >= 11 is 0. The molecule has 0 heterocycles. The van der Waals surface area contributed by atoms with Crippen LogP contribution in [0.4, 0.5) is 5.69 Å². The molecule has 2 aromatic carbocycles. The Morgan fingerprint density at radius 2 is 1.68 bits per heavy atom. The van der Waals surface area contributed by atoms with Crippen LogP contribution >= 0.6 is 12.4 Å². The number of halogens is 1. The Morgan fingerprint density at radius 1 is 1.04 bits per heavy atom. The third-order valence-electron chi connectivity index (χ3n) is 3.61. The van der Waals surface area contributed by atoms with E-state index >= 15 is 0 Å². The van der Waals surface area contributed by atoms with Crippen LogP contribution in [0.5, 0.6) is 0 Å². The topological polar surface area (TPSA) is 84.2 Å². The smallest absolute Gasteiger partial charge is 0.255 e. The first-order valence-electron chi connectivity index (χ1n) is 7.92. The molecule has 0 aromatic heterocycles. The Bertz CT molecular complexity index is 743. The molecule has 2 rings (SSSR count). The lowest BCUT2D eigenvalue weighted by atomic mass is 10.1. The van der Waals surface area contributed by atoms with Crippen LogP contribution in [0.2, 0.25) is 0 Å². The number of nitrogens with two attached hydrogens (primary N) is 1. The number of carbonyl (C=O) groups is 2. The minimum Gasteiger partial charge on any atom is -0.350 e. The van der Waals surface area contributed by atoms with Gasteiger partial charge in [0.2, 0.25) is 0 Å². The fourth-order valence-corrected chi connectivity index (χ4v) is 2.28. The van der Waals surface area contributed by atoms with Crippen LogP contribution < -0.4 is 16.4 Å². The van der Waals surface area contributed by atoms with Gasteiger partial charge in [0.15, 0.2) is 0 Å². The lowest BCUT2D eigenvalue weighted by Gasteiger charge is -2.12. The number of carbonyl (C=O) groups excluding carboxylic acids is 2. The summed E-state index contributed by atoms with van der Waals surface area (Å²) in [4.78, 5) is 24.5. The van der Waals surface area contributed by atoms with Crippen LogP contribution in [-0.4, -0.2) is 17.9 Å². The van der Waals surface area contributed by atoms with Crippen LogP contribution in [0.15, 0.2) is 42.5 Å². The molecule has 0 bridgehead atoms. The minimum absolute atomic E-state index is 0. The van der Waals surface area contributed by atoms with Crippen molar-refractivity contribution in [3.8, 4) is 0 Å². The number of aryl methyl sites for hydroxylation is 1. The van der Waals surface area contributed by atoms with E-state index in [1.807, 2.05) is 39.0 Å². The summed E-state index contributed by atoms with van der Waals surface area (Å²) in [6, 6.07) is 12.5. The molecule has 4 N–H and O–H groups in total. The average molecular weight is 362 g/mol. The fraction of sp³-hybridized carbons (Fsp3) is 0.263. The lowest BCUT2D eigenvalue weighted by Crippen LogP contribution is -2.30. The maximum Gasteiger partial charge on any atom is 0.255 e. The quantitative estimate of drug-likeness (QED) is 0.764. The molecule has 0 radical (unpaired) electrons. The van der Waals surface area contributed by atoms with E-state index in [4.69, 9.17) is 5.73 Å². The van der Waals surface area contributed by atoms with Gasteiger partial charge in [0.25, 0.3) is 11.8 Å². The SMILES string of the molecule is Cc1ccc(NC(=O)c2ccc(CN)cc2)cc1C(=O)NC(C)C.Cl. The Balaban J connectivity index is 0.00000312. The zero-order valence-corrected chi connectivity index (χ0v) is 15.4. The lowest BCUT2D eigenvalue weighted by molar-refractivity contribution is 0.0941. The van der Waals surface area contributed by atoms with E-state index in [1.54, 1.807) is 24.3 Å². The van der Waals surface area contributed by atoms with Crippen molar-refractivity contribution < 1.29 is 9.59 Å². The summed E-state index contributed by atoms with van der Waals surface area (Å²) in [7, 11) is 0. The zero-order chi connectivity index (χ0) is 17.7. The molecule has 2 aromatic rings. The van der Waals surface area contributed by atoms with Crippen molar-refractivity contribution >= 4 is 29.9 Å². The molecular weight excluding hydrogens is 338 g/mol. The second-order valence-electron chi connectivity index (χ2n) is 6.01. The predicted octanol–water partition coefficient (Wildman–Crippen LogP) is 3.27. The largest absolute Gasteiger partial charge is 0.350 e. The molecule has 0 aliphatic carbocycles. The summed E-state index contributed by atoms with van der Waals surface area (Å²) in [6.07, 6.45) is 0. The number of benzene rings is 2. The summed E-state index contributed by atoms with van der Waals surface area (Å²) in [6.45, 7) is 6.12. The highest BCUT2D eigenvalue weighted by molar-refractivity contribution is 6.05. The molecular formula is C19H24ClN3O2. The van der Waals surface area contributed by atoms with E-state index in [1.165, 1.54) is 0 Å². The van der Waals surface area contributed by atoms with Crippen LogP contribution in [-0.2, 0) is 6.54 Å². The third-order valence-corrected chi connectivity index (χ3v) is 3.61. The molecule has 0 aliphatic rings. The number of hydrogen-bond donors (Lipinski definition) is 3. The highest BCUT2D eigenvalue weighted by atomic mass is 35.5. The van der Waals surface area contributed by atoms with Gasteiger partial charge in [-0.05, 0) is 56.2 Å². The highest BCUT2D eigenvalue weighted by Gasteiger charge is 2.12. The van der Waals surface area contributed by atoms with Crippen molar-refractivity contribution in [2.45, 2.75) is 33.4 Å². The average Bonchev–Trinajstić information content (AvgIpc) is 2.56. The Labute approximate surface area is 154 Å². The predicted molar refractivity (Wildman–Crippen MR) is 103 cm³/mol. The zero-order valence-electron chi connectivity index (χ0n) is 14.6. The number of anilines is 1.